The van der Waals surface area contributed by atoms with Gasteiger partial charge < -0.3 is 9.47 Å². The fourth-order valence-corrected chi connectivity index (χ4v) is 1.68. The largest absolute Gasteiger partial charge is 0.445 e. The van der Waals surface area contributed by atoms with Crippen LogP contribution in [0.3, 0.4) is 0 Å². The zero-order valence-corrected chi connectivity index (χ0v) is 15.2. The molecule has 1 amide bonds. The van der Waals surface area contributed by atoms with E-state index in [0.717, 1.165) is 5.69 Å². The molecule has 0 atom stereocenters. The Kier molecular flexibility index (Phi) is 6.80. The summed E-state index contributed by atoms with van der Waals surface area (Å²) in [5.41, 5.74) is 0.677. The molecule has 0 bridgehead atoms. The van der Waals surface area contributed by atoms with E-state index >= 15 is 0 Å². The SMILES string of the molecule is COCCn1nc(C(C)(C)C)cc1NC(=O)OCC(Cl)(Cl)Cl. The van der Waals surface area contributed by atoms with Gasteiger partial charge in [0, 0.05) is 18.6 Å². The monoisotopic (exact) mass is 371 g/mol. The number of carbonyl (C=O) groups excluding carboxylic acids is 1. The van der Waals surface area contributed by atoms with Gasteiger partial charge in [0.25, 0.3) is 0 Å². The van der Waals surface area contributed by atoms with Gasteiger partial charge in [0.1, 0.15) is 12.4 Å². The molecule has 1 heterocycles. The molecule has 0 aromatic carbocycles. The van der Waals surface area contributed by atoms with Gasteiger partial charge in [-0.2, -0.15) is 5.10 Å². The molecule has 0 saturated heterocycles. The summed E-state index contributed by atoms with van der Waals surface area (Å²) >= 11 is 16.6. The average Bonchev–Trinajstić information content (AvgIpc) is 2.76. The summed E-state index contributed by atoms with van der Waals surface area (Å²) < 4.78 is 9.87. The molecular weight excluding hydrogens is 353 g/mol. The highest BCUT2D eigenvalue weighted by Crippen LogP contribution is 2.27. The van der Waals surface area contributed by atoms with Crippen molar-refractivity contribution in [3.63, 3.8) is 0 Å². The van der Waals surface area contributed by atoms with Crippen LogP contribution in [0.25, 0.3) is 0 Å². The van der Waals surface area contributed by atoms with Crippen molar-refractivity contribution in [1.29, 1.82) is 0 Å². The van der Waals surface area contributed by atoms with Crippen molar-refractivity contribution in [2.75, 3.05) is 25.6 Å². The third-order valence-electron chi connectivity index (χ3n) is 2.65. The molecule has 1 rings (SSSR count). The lowest BCUT2D eigenvalue weighted by atomic mass is 9.92. The van der Waals surface area contributed by atoms with Crippen LogP contribution in [0.2, 0.25) is 0 Å². The van der Waals surface area contributed by atoms with Crippen molar-refractivity contribution in [1.82, 2.24) is 9.78 Å². The highest BCUT2D eigenvalue weighted by atomic mass is 35.6. The number of ether oxygens (including phenoxy) is 2. The lowest BCUT2D eigenvalue weighted by Crippen LogP contribution is -2.23. The molecular formula is C13H20Cl3N3O3. The van der Waals surface area contributed by atoms with Gasteiger partial charge in [-0.1, -0.05) is 55.6 Å². The first kappa shape index (κ1) is 19.4. The third-order valence-corrected chi connectivity index (χ3v) is 2.98. The summed E-state index contributed by atoms with van der Waals surface area (Å²) in [6, 6.07) is 1.78. The first-order valence-corrected chi connectivity index (χ1v) is 7.74. The standard InChI is InChI=1S/C13H20Cl3N3O3/c1-12(2,3)9-7-10(19(18-9)5-6-21-4)17-11(20)22-8-13(14,15)16/h7H,5-6,8H2,1-4H3,(H,17,20). The molecule has 1 N–H and O–H groups in total. The maximum atomic E-state index is 11.8. The molecule has 126 valence electrons. The number of amides is 1. The Bertz CT molecular complexity index is 507. The Morgan fingerprint density at radius 3 is 2.50 bits per heavy atom. The average molecular weight is 373 g/mol. The highest BCUT2D eigenvalue weighted by Gasteiger charge is 2.24. The molecule has 0 radical (unpaired) electrons. The second-order valence-electron chi connectivity index (χ2n) is 5.70. The van der Waals surface area contributed by atoms with Gasteiger partial charge in [0.2, 0.25) is 3.79 Å². The van der Waals surface area contributed by atoms with Crippen molar-refractivity contribution in [2.45, 2.75) is 36.5 Å². The zero-order chi connectivity index (χ0) is 17.0. The molecule has 1 aromatic rings. The van der Waals surface area contributed by atoms with Crippen LogP contribution in [0.5, 0.6) is 0 Å². The first-order chi connectivity index (χ1) is 10.0. The first-order valence-electron chi connectivity index (χ1n) is 6.61. The van der Waals surface area contributed by atoms with Gasteiger partial charge in [-0.25, -0.2) is 9.48 Å². The number of anilines is 1. The molecule has 0 fully saturated rings. The maximum absolute atomic E-state index is 11.8. The summed E-state index contributed by atoms with van der Waals surface area (Å²) in [5.74, 6) is 0.497. The van der Waals surface area contributed by atoms with Gasteiger partial charge in [0.05, 0.1) is 18.8 Å². The second kappa shape index (κ2) is 7.73. The number of nitrogens with zero attached hydrogens (tertiary/aromatic N) is 2. The van der Waals surface area contributed by atoms with E-state index in [9.17, 15) is 4.79 Å². The lowest BCUT2D eigenvalue weighted by Gasteiger charge is -2.14. The molecule has 0 unspecified atom stereocenters. The second-order valence-corrected chi connectivity index (χ2v) is 8.21. The topological polar surface area (TPSA) is 65.4 Å². The van der Waals surface area contributed by atoms with Crippen molar-refractivity contribution in [3.05, 3.63) is 11.8 Å². The van der Waals surface area contributed by atoms with Crippen LogP contribution in [0, 0.1) is 0 Å². The fraction of sp³-hybridized carbons (Fsp3) is 0.692. The predicted octanol–water partition coefficient (Wildman–Crippen LogP) is 3.75. The Hall–Kier alpha value is -0.690. The maximum Gasteiger partial charge on any atom is 0.412 e. The van der Waals surface area contributed by atoms with E-state index in [0.29, 0.717) is 19.0 Å². The molecule has 0 saturated carbocycles. The van der Waals surface area contributed by atoms with E-state index in [1.807, 2.05) is 20.8 Å². The smallest absolute Gasteiger partial charge is 0.412 e. The predicted molar refractivity (Wildman–Crippen MR) is 88.1 cm³/mol. The minimum absolute atomic E-state index is 0.157. The minimum atomic E-state index is -1.65. The minimum Gasteiger partial charge on any atom is -0.445 e. The van der Waals surface area contributed by atoms with E-state index in [-0.39, 0.29) is 12.0 Å². The van der Waals surface area contributed by atoms with Crippen LogP contribution in [0.1, 0.15) is 26.5 Å². The van der Waals surface area contributed by atoms with E-state index < -0.39 is 9.89 Å². The van der Waals surface area contributed by atoms with Crippen molar-refractivity contribution >= 4 is 46.7 Å². The number of methoxy groups -OCH3 is 1. The number of nitrogens with one attached hydrogen (secondary N) is 1. The van der Waals surface area contributed by atoms with E-state index in [1.54, 1.807) is 17.9 Å². The number of halogens is 3. The van der Waals surface area contributed by atoms with Gasteiger partial charge >= 0.3 is 6.09 Å². The summed E-state index contributed by atoms with van der Waals surface area (Å²) in [4.78, 5) is 11.8. The van der Waals surface area contributed by atoms with Crippen LogP contribution < -0.4 is 5.32 Å². The van der Waals surface area contributed by atoms with Crippen molar-refractivity contribution in [2.24, 2.45) is 0 Å². The summed E-state index contributed by atoms with van der Waals surface area (Å²) in [7, 11) is 1.59. The zero-order valence-electron chi connectivity index (χ0n) is 13.0. The molecule has 9 heteroatoms. The van der Waals surface area contributed by atoms with E-state index in [1.165, 1.54) is 0 Å². The lowest BCUT2D eigenvalue weighted by molar-refractivity contribution is 0.163. The number of rotatable bonds is 5. The van der Waals surface area contributed by atoms with Crippen molar-refractivity contribution in [3.8, 4) is 0 Å². The van der Waals surface area contributed by atoms with Gasteiger partial charge in [0.15, 0.2) is 0 Å². The summed E-state index contributed by atoms with van der Waals surface area (Å²) in [6.45, 7) is 6.69. The van der Waals surface area contributed by atoms with E-state index in [4.69, 9.17) is 44.3 Å². The number of aromatic nitrogens is 2. The number of alkyl halides is 3. The molecule has 0 spiro atoms. The highest BCUT2D eigenvalue weighted by molar-refractivity contribution is 6.67. The molecule has 0 aliphatic rings. The Morgan fingerprint density at radius 1 is 1.36 bits per heavy atom. The quantitative estimate of drug-likeness (QED) is 0.800. The van der Waals surface area contributed by atoms with Gasteiger partial charge in [-0.05, 0) is 0 Å². The molecule has 22 heavy (non-hydrogen) atoms. The van der Waals surface area contributed by atoms with Gasteiger partial charge in [-0.3, -0.25) is 5.32 Å². The molecule has 6 nitrogen and oxygen atoms in total. The Morgan fingerprint density at radius 2 is 2.00 bits per heavy atom. The molecule has 0 aliphatic carbocycles. The van der Waals surface area contributed by atoms with Crippen LogP contribution >= 0.6 is 34.8 Å². The normalized spacial score (nSPS) is 12.3. The number of hydrogen-bond donors (Lipinski definition) is 1. The molecule has 0 aliphatic heterocycles. The van der Waals surface area contributed by atoms with Crippen LogP contribution in [0.4, 0.5) is 10.6 Å². The van der Waals surface area contributed by atoms with Crippen molar-refractivity contribution < 1.29 is 14.3 Å². The number of hydrogen-bond acceptors (Lipinski definition) is 4. The van der Waals surface area contributed by atoms with Crippen LogP contribution in [0.15, 0.2) is 6.07 Å². The van der Waals surface area contributed by atoms with Gasteiger partial charge in [-0.15, -0.1) is 0 Å². The summed E-state index contributed by atoms with van der Waals surface area (Å²) in [6.07, 6.45) is -0.717. The number of carbonyl (C=O) groups is 1. The molecule has 1 aromatic heterocycles. The Labute approximate surface area is 145 Å². The fourth-order valence-electron chi connectivity index (χ4n) is 1.52. The van der Waals surface area contributed by atoms with E-state index in [2.05, 4.69) is 10.4 Å². The Balaban J connectivity index is 2.82. The van der Waals surface area contributed by atoms with Crippen LogP contribution in [-0.4, -0.2) is 40.0 Å². The summed E-state index contributed by atoms with van der Waals surface area (Å²) in [5, 5.41) is 7.06. The third kappa shape index (κ3) is 6.60. The van der Waals surface area contributed by atoms with Crippen LogP contribution in [-0.2, 0) is 21.4 Å².